The predicted octanol–water partition coefficient (Wildman–Crippen LogP) is -0.275. The van der Waals surface area contributed by atoms with Gasteiger partial charge in [0.1, 0.15) is 11.3 Å². The van der Waals surface area contributed by atoms with E-state index in [1.807, 2.05) is 0 Å². The highest BCUT2D eigenvalue weighted by molar-refractivity contribution is 6.02. The number of amides is 1. The van der Waals surface area contributed by atoms with Crippen LogP contribution in [0.2, 0.25) is 0 Å². The Balaban J connectivity index is 2.97. The standard InChI is InChI=1S/C9H8N4O2/c1-4-12-6-5(9(15)13-4)2-3-11-7(6)8(10)14/h2-3H,1H3,(H2,10,14)(H,12,13,15). The van der Waals surface area contributed by atoms with E-state index < -0.39 is 5.91 Å². The van der Waals surface area contributed by atoms with Crippen molar-refractivity contribution in [3.05, 3.63) is 34.1 Å². The third-order valence-corrected chi connectivity index (χ3v) is 1.98. The Morgan fingerprint density at radius 3 is 2.93 bits per heavy atom. The van der Waals surface area contributed by atoms with Gasteiger partial charge in [-0.15, -0.1) is 0 Å². The average molecular weight is 204 g/mol. The van der Waals surface area contributed by atoms with Crippen molar-refractivity contribution in [3.8, 4) is 0 Å². The number of pyridine rings is 1. The van der Waals surface area contributed by atoms with Crippen molar-refractivity contribution >= 4 is 16.8 Å². The Morgan fingerprint density at radius 2 is 2.27 bits per heavy atom. The normalized spacial score (nSPS) is 10.5. The Hall–Kier alpha value is -2.24. The van der Waals surface area contributed by atoms with Crippen LogP contribution >= 0.6 is 0 Å². The van der Waals surface area contributed by atoms with Crippen LogP contribution in [0.15, 0.2) is 17.1 Å². The molecule has 0 spiro atoms. The number of nitrogens with two attached hydrogens (primary N) is 1. The molecule has 2 heterocycles. The third kappa shape index (κ3) is 1.45. The molecule has 0 saturated carbocycles. The lowest BCUT2D eigenvalue weighted by Gasteiger charge is -2.01. The van der Waals surface area contributed by atoms with E-state index in [2.05, 4.69) is 15.0 Å². The van der Waals surface area contributed by atoms with Gasteiger partial charge in [0.05, 0.1) is 5.39 Å². The summed E-state index contributed by atoms with van der Waals surface area (Å²) in [5.74, 6) is -0.277. The smallest absolute Gasteiger partial charge is 0.269 e. The van der Waals surface area contributed by atoms with Crippen LogP contribution in [-0.2, 0) is 0 Å². The van der Waals surface area contributed by atoms with Crippen molar-refractivity contribution in [1.29, 1.82) is 0 Å². The quantitative estimate of drug-likeness (QED) is 0.667. The fourth-order valence-corrected chi connectivity index (χ4v) is 1.36. The molecule has 0 bridgehead atoms. The molecule has 6 nitrogen and oxygen atoms in total. The van der Waals surface area contributed by atoms with Crippen LogP contribution < -0.4 is 11.3 Å². The molecule has 1 amide bonds. The van der Waals surface area contributed by atoms with Crippen molar-refractivity contribution in [2.75, 3.05) is 0 Å². The maximum Gasteiger partial charge on any atom is 0.269 e. The van der Waals surface area contributed by atoms with Gasteiger partial charge in [0.15, 0.2) is 5.69 Å². The van der Waals surface area contributed by atoms with Crippen molar-refractivity contribution in [2.45, 2.75) is 6.92 Å². The molecule has 0 unspecified atom stereocenters. The Labute approximate surface area is 84.2 Å². The number of carbonyl (C=O) groups is 1. The molecule has 2 rings (SSSR count). The molecule has 0 radical (unpaired) electrons. The van der Waals surface area contributed by atoms with Gasteiger partial charge >= 0.3 is 0 Å². The van der Waals surface area contributed by atoms with Gasteiger partial charge in [-0.3, -0.25) is 9.59 Å². The zero-order valence-electron chi connectivity index (χ0n) is 7.94. The third-order valence-electron chi connectivity index (χ3n) is 1.98. The summed E-state index contributed by atoms with van der Waals surface area (Å²) in [5, 5.41) is 0.310. The Morgan fingerprint density at radius 1 is 1.53 bits per heavy atom. The van der Waals surface area contributed by atoms with E-state index in [4.69, 9.17) is 5.73 Å². The number of hydrogen-bond donors (Lipinski definition) is 2. The molecule has 6 heteroatoms. The van der Waals surface area contributed by atoms with Crippen LogP contribution in [-0.4, -0.2) is 20.9 Å². The number of nitrogens with zero attached hydrogens (tertiary/aromatic N) is 2. The number of nitrogens with one attached hydrogen (secondary N) is 1. The van der Waals surface area contributed by atoms with E-state index in [1.54, 1.807) is 6.92 Å². The first-order valence-corrected chi connectivity index (χ1v) is 4.25. The van der Waals surface area contributed by atoms with E-state index in [0.29, 0.717) is 11.2 Å². The molecule has 15 heavy (non-hydrogen) atoms. The maximum atomic E-state index is 11.5. The monoisotopic (exact) mass is 204 g/mol. The zero-order chi connectivity index (χ0) is 11.0. The van der Waals surface area contributed by atoms with E-state index >= 15 is 0 Å². The molecule has 2 aromatic rings. The summed E-state index contributed by atoms with van der Waals surface area (Å²) in [6.45, 7) is 1.62. The van der Waals surface area contributed by atoms with E-state index in [1.165, 1.54) is 12.3 Å². The minimum absolute atomic E-state index is 0.0155. The van der Waals surface area contributed by atoms with Gasteiger partial charge in [0.2, 0.25) is 0 Å². The lowest BCUT2D eigenvalue weighted by molar-refractivity contribution is 0.0997. The van der Waals surface area contributed by atoms with Gasteiger partial charge in [0.25, 0.3) is 11.5 Å². The number of carbonyl (C=O) groups excluding carboxylic acids is 1. The summed E-state index contributed by atoms with van der Waals surface area (Å²) in [6, 6.07) is 1.49. The molecule has 2 aromatic heterocycles. The number of aromatic nitrogens is 3. The molecule has 0 aromatic carbocycles. The first kappa shape index (κ1) is 9.32. The van der Waals surface area contributed by atoms with Crippen LogP contribution in [0.25, 0.3) is 10.9 Å². The molecule has 0 aliphatic rings. The highest BCUT2D eigenvalue weighted by atomic mass is 16.1. The van der Waals surface area contributed by atoms with Gasteiger partial charge in [0, 0.05) is 6.20 Å². The van der Waals surface area contributed by atoms with Crippen LogP contribution in [0.1, 0.15) is 16.3 Å². The van der Waals surface area contributed by atoms with Crippen LogP contribution in [0.5, 0.6) is 0 Å². The molecule has 0 aliphatic carbocycles. The SMILES string of the molecule is Cc1nc2c(C(N)=O)nccc2c(=O)[nH]1. The maximum absolute atomic E-state index is 11.5. The number of H-pyrrole nitrogens is 1. The van der Waals surface area contributed by atoms with Crippen molar-refractivity contribution in [2.24, 2.45) is 5.73 Å². The van der Waals surface area contributed by atoms with E-state index in [9.17, 15) is 9.59 Å². The van der Waals surface area contributed by atoms with Gasteiger partial charge in [-0.1, -0.05) is 0 Å². The summed E-state index contributed by atoms with van der Waals surface area (Å²) in [7, 11) is 0. The number of fused-ring (bicyclic) bond motifs is 1. The lowest BCUT2D eigenvalue weighted by Crippen LogP contribution is -2.17. The Bertz CT molecular complexity index is 603. The molecule has 0 aliphatic heterocycles. The minimum Gasteiger partial charge on any atom is -0.364 e. The fourth-order valence-electron chi connectivity index (χ4n) is 1.36. The molecule has 0 fully saturated rings. The molecule has 0 saturated heterocycles. The van der Waals surface area contributed by atoms with Crippen molar-refractivity contribution in [1.82, 2.24) is 15.0 Å². The number of rotatable bonds is 1. The molecular formula is C9H8N4O2. The van der Waals surface area contributed by atoms with Crippen molar-refractivity contribution in [3.63, 3.8) is 0 Å². The average Bonchev–Trinajstić information content (AvgIpc) is 2.16. The topological polar surface area (TPSA) is 102 Å². The number of aryl methyl sites for hydroxylation is 1. The second-order valence-electron chi connectivity index (χ2n) is 3.07. The van der Waals surface area contributed by atoms with Gasteiger partial charge in [-0.25, -0.2) is 9.97 Å². The number of aromatic amines is 1. The van der Waals surface area contributed by atoms with Gasteiger partial charge in [-0.05, 0) is 13.0 Å². The van der Waals surface area contributed by atoms with Crippen LogP contribution in [0.4, 0.5) is 0 Å². The summed E-state index contributed by atoms with van der Waals surface area (Å²) in [4.78, 5) is 32.9. The van der Waals surface area contributed by atoms with E-state index in [-0.39, 0.29) is 16.8 Å². The number of primary amides is 1. The predicted molar refractivity (Wildman–Crippen MR) is 53.4 cm³/mol. The van der Waals surface area contributed by atoms with Crippen LogP contribution in [0.3, 0.4) is 0 Å². The number of hydrogen-bond acceptors (Lipinski definition) is 4. The summed E-state index contributed by atoms with van der Waals surface area (Å²) < 4.78 is 0. The molecule has 76 valence electrons. The second kappa shape index (κ2) is 3.16. The fraction of sp³-hybridized carbons (Fsp3) is 0.111. The summed E-state index contributed by atoms with van der Waals surface area (Å²) in [6.07, 6.45) is 1.36. The Kier molecular flexibility index (Phi) is 1.96. The highest BCUT2D eigenvalue weighted by Gasteiger charge is 2.11. The molecule has 0 atom stereocenters. The van der Waals surface area contributed by atoms with Crippen LogP contribution in [0, 0.1) is 6.92 Å². The highest BCUT2D eigenvalue weighted by Crippen LogP contribution is 2.09. The largest absolute Gasteiger partial charge is 0.364 e. The molecular weight excluding hydrogens is 196 g/mol. The van der Waals surface area contributed by atoms with Gasteiger partial charge < -0.3 is 10.7 Å². The summed E-state index contributed by atoms with van der Waals surface area (Å²) >= 11 is 0. The minimum atomic E-state index is -0.696. The summed E-state index contributed by atoms with van der Waals surface area (Å²) in [5.41, 5.74) is 5.08. The first-order chi connectivity index (χ1) is 7.09. The molecule has 3 N–H and O–H groups in total. The van der Waals surface area contributed by atoms with Crippen molar-refractivity contribution < 1.29 is 4.79 Å². The zero-order valence-corrected chi connectivity index (χ0v) is 7.94. The lowest BCUT2D eigenvalue weighted by atomic mass is 10.2. The van der Waals surface area contributed by atoms with Gasteiger partial charge in [-0.2, -0.15) is 0 Å². The van der Waals surface area contributed by atoms with E-state index in [0.717, 1.165) is 0 Å². The first-order valence-electron chi connectivity index (χ1n) is 4.25. The second-order valence-corrected chi connectivity index (χ2v) is 3.07.